The van der Waals surface area contributed by atoms with Gasteiger partial charge in [-0.3, -0.25) is 4.98 Å². The van der Waals surface area contributed by atoms with Crippen LogP contribution in [-0.4, -0.2) is 28.2 Å². The minimum Gasteiger partial charge on any atom is -0.370 e. The Kier molecular flexibility index (Phi) is 3.87. The molecule has 1 fully saturated rings. The third-order valence-electron chi connectivity index (χ3n) is 3.65. The number of piperidine rings is 1. The van der Waals surface area contributed by atoms with Crippen LogP contribution in [0.15, 0.2) is 23.0 Å². The molecule has 0 aromatic carbocycles. The summed E-state index contributed by atoms with van der Waals surface area (Å²) in [5.74, 6) is 1.96. The van der Waals surface area contributed by atoms with Crippen LogP contribution in [0, 0.1) is 12.8 Å². The summed E-state index contributed by atoms with van der Waals surface area (Å²) >= 11 is 6.22. The maximum atomic E-state index is 6.22. The fourth-order valence-electron chi connectivity index (χ4n) is 2.76. The van der Waals surface area contributed by atoms with Gasteiger partial charge in [-0.2, -0.15) is 4.98 Å². The van der Waals surface area contributed by atoms with Gasteiger partial charge in [-0.1, -0.05) is 16.8 Å². The van der Waals surface area contributed by atoms with E-state index in [2.05, 4.69) is 20.0 Å². The minimum absolute atomic E-state index is 0.532. The van der Waals surface area contributed by atoms with Gasteiger partial charge in [0.25, 0.3) is 0 Å². The molecule has 20 heavy (non-hydrogen) atoms. The molecule has 0 aliphatic carbocycles. The van der Waals surface area contributed by atoms with Crippen LogP contribution in [0.3, 0.4) is 0 Å². The number of rotatable bonds is 3. The molecule has 3 rings (SSSR count). The lowest BCUT2D eigenvalue weighted by Gasteiger charge is -2.34. The van der Waals surface area contributed by atoms with E-state index in [1.807, 2.05) is 13.0 Å². The van der Waals surface area contributed by atoms with Crippen molar-refractivity contribution in [3.8, 4) is 0 Å². The van der Waals surface area contributed by atoms with Crippen molar-refractivity contribution in [1.29, 1.82) is 0 Å². The molecule has 2 aromatic rings. The van der Waals surface area contributed by atoms with Crippen LogP contribution in [0.25, 0.3) is 0 Å². The molecular formula is C14H17ClN4O. The first-order valence-corrected chi connectivity index (χ1v) is 7.24. The summed E-state index contributed by atoms with van der Waals surface area (Å²) in [4.78, 5) is 10.7. The molecule has 0 spiro atoms. The van der Waals surface area contributed by atoms with Crippen LogP contribution in [0.1, 0.15) is 24.6 Å². The lowest BCUT2D eigenvalue weighted by molar-refractivity contribution is 0.370. The number of nitrogens with zero attached hydrogens (tertiary/aromatic N) is 4. The second kappa shape index (κ2) is 5.79. The molecular weight excluding hydrogens is 276 g/mol. The van der Waals surface area contributed by atoms with Crippen molar-refractivity contribution < 1.29 is 4.52 Å². The topological polar surface area (TPSA) is 55.1 Å². The monoisotopic (exact) mass is 292 g/mol. The molecule has 0 bridgehead atoms. The second-order valence-electron chi connectivity index (χ2n) is 5.22. The molecule has 0 saturated carbocycles. The van der Waals surface area contributed by atoms with E-state index in [4.69, 9.17) is 16.1 Å². The second-order valence-corrected chi connectivity index (χ2v) is 5.62. The van der Waals surface area contributed by atoms with Gasteiger partial charge in [-0.05, 0) is 24.8 Å². The first kappa shape index (κ1) is 13.4. The van der Waals surface area contributed by atoms with Crippen molar-refractivity contribution >= 4 is 17.3 Å². The molecule has 5 nitrogen and oxygen atoms in total. The van der Waals surface area contributed by atoms with Gasteiger partial charge in [-0.25, -0.2) is 0 Å². The normalized spacial score (nSPS) is 19.3. The zero-order valence-electron chi connectivity index (χ0n) is 11.4. The Morgan fingerprint density at radius 3 is 3.15 bits per heavy atom. The predicted molar refractivity (Wildman–Crippen MR) is 76.9 cm³/mol. The van der Waals surface area contributed by atoms with Crippen LogP contribution in [0.2, 0.25) is 5.02 Å². The molecule has 0 N–H and O–H groups in total. The summed E-state index contributed by atoms with van der Waals surface area (Å²) in [6.45, 7) is 3.82. The van der Waals surface area contributed by atoms with E-state index < -0.39 is 0 Å². The summed E-state index contributed by atoms with van der Waals surface area (Å²) in [7, 11) is 0. The molecule has 1 aliphatic heterocycles. The Labute approximate surface area is 123 Å². The Morgan fingerprint density at radius 2 is 2.40 bits per heavy atom. The van der Waals surface area contributed by atoms with Gasteiger partial charge < -0.3 is 9.42 Å². The fraction of sp³-hybridized carbons (Fsp3) is 0.500. The number of halogens is 1. The van der Waals surface area contributed by atoms with E-state index in [9.17, 15) is 0 Å². The summed E-state index contributed by atoms with van der Waals surface area (Å²) in [6.07, 6.45) is 6.68. The molecule has 1 saturated heterocycles. The van der Waals surface area contributed by atoms with Crippen molar-refractivity contribution in [3.63, 3.8) is 0 Å². The van der Waals surface area contributed by atoms with E-state index in [1.165, 1.54) is 6.42 Å². The van der Waals surface area contributed by atoms with Crippen molar-refractivity contribution in [2.75, 3.05) is 18.0 Å². The molecule has 2 aromatic heterocycles. The van der Waals surface area contributed by atoms with Gasteiger partial charge in [0.05, 0.1) is 10.7 Å². The third-order valence-corrected chi connectivity index (χ3v) is 3.94. The Morgan fingerprint density at radius 1 is 1.50 bits per heavy atom. The maximum Gasteiger partial charge on any atom is 0.223 e. The largest absolute Gasteiger partial charge is 0.370 e. The van der Waals surface area contributed by atoms with Crippen molar-refractivity contribution in [3.05, 3.63) is 35.2 Å². The average Bonchev–Trinajstić information content (AvgIpc) is 2.85. The van der Waals surface area contributed by atoms with E-state index in [-0.39, 0.29) is 0 Å². The van der Waals surface area contributed by atoms with Crippen LogP contribution in [0.5, 0.6) is 0 Å². The first-order valence-electron chi connectivity index (χ1n) is 6.86. The van der Waals surface area contributed by atoms with Crippen LogP contribution in [-0.2, 0) is 6.42 Å². The van der Waals surface area contributed by atoms with Crippen LogP contribution < -0.4 is 4.90 Å². The number of hydrogen-bond donors (Lipinski definition) is 0. The standard InChI is InChI=1S/C14H17ClN4O/c1-10-17-14(18-20-10)7-11-3-2-6-19(9-11)13-4-5-16-8-12(13)15/h4-5,8,11H,2-3,6-7,9H2,1H3/t11-/m0/s1. The zero-order valence-corrected chi connectivity index (χ0v) is 12.2. The van der Waals surface area contributed by atoms with Crippen molar-refractivity contribution in [1.82, 2.24) is 15.1 Å². The smallest absolute Gasteiger partial charge is 0.223 e. The summed E-state index contributed by atoms with van der Waals surface area (Å²) in [6, 6.07) is 1.98. The van der Waals surface area contributed by atoms with Crippen molar-refractivity contribution in [2.24, 2.45) is 5.92 Å². The number of aryl methyl sites for hydroxylation is 1. The maximum absolute atomic E-state index is 6.22. The summed E-state index contributed by atoms with van der Waals surface area (Å²) in [5, 5.41) is 4.70. The third kappa shape index (κ3) is 2.93. The molecule has 0 radical (unpaired) electrons. The fourth-order valence-corrected chi connectivity index (χ4v) is 3.00. The van der Waals surface area contributed by atoms with E-state index in [1.54, 1.807) is 12.4 Å². The zero-order chi connectivity index (χ0) is 13.9. The van der Waals surface area contributed by atoms with Gasteiger partial charge in [0, 0.05) is 38.8 Å². The van der Waals surface area contributed by atoms with Gasteiger partial charge in [0.1, 0.15) is 0 Å². The number of hydrogen-bond acceptors (Lipinski definition) is 5. The SMILES string of the molecule is Cc1nc(C[C@@H]2CCCN(c3ccncc3Cl)C2)no1. The highest BCUT2D eigenvalue weighted by molar-refractivity contribution is 6.33. The van der Waals surface area contributed by atoms with Gasteiger partial charge in [-0.15, -0.1) is 0 Å². The van der Waals surface area contributed by atoms with E-state index in [0.29, 0.717) is 16.8 Å². The molecule has 1 atom stereocenters. The number of pyridine rings is 1. The quantitative estimate of drug-likeness (QED) is 0.870. The van der Waals surface area contributed by atoms with Gasteiger partial charge in [0.15, 0.2) is 5.82 Å². The minimum atomic E-state index is 0.532. The predicted octanol–water partition coefficient (Wildman–Crippen LogP) is 2.89. The lowest BCUT2D eigenvalue weighted by atomic mass is 9.94. The summed E-state index contributed by atoms with van der Waals surface area (Å²) < 4.78 is 5.03. The molecule has 1 aliphatic rings. The Balaban J connectivity index is 1.69. The number of aromatic nitrogens is 3. The highest BCUT2D eigenvalue weighted by Gasteiger charge is 2.23. The van der Waals surface area contributed by atoms with Crippen LogP contribution >= 0.6 is 11.6 Å². The number of anilines is 1. The Hall–Kier alpha value is -1.62. The van der Waals surface area contributed by atoms with E-state index in [0.717, 1.165) is 37.4 Å². The molecule has 0 amide bonds. The highest BCUT2D eigenvalue weighted by Crippen LogP contribution is 2.29. The molecule has 106 valence electrons. The highest BCUT2D eigenvalue weighted by atomic mass is 35.5. The van der Waals surface area contributed by atoms with Gasteiger partial charge in [0.2, 0.25) is 5.89 Å². The Bertz CT molecular complexity index is 586. The molecule has 3 heterocycles. The lowest BCUT2D eigenvalue weighted by Crippen LogP contribution is -2.36. The van der Waals surface area contributed by atoms with Crippen molar-refractivity contribution in [2.45, 2.75) is 26.2 Å². The first-order chi connectivity index (χ1) is 9.72. The van der Waals surface area contributed by atoms with E-state index >= 15 is 0 Å². The van der Waals surface area contributed by atoms with Crippen LogP contribution in [0.4, 0.5) is 5.69 Å². The summed E-state index contributed by atoms with van der Waals surface area (Å²) in [5.41, 5.74) is 1.07. The molecule has 6 heteroatoms. The molecule has 0 unspecified atom stereocenters. The van der Waals surface area contributed by atoms with Gasteiger partial charge >= 0.3 is 0 Å². The average molecular weight is 293 g/mol.